The number of carbonyl (C=O) groups excluding carboxylic acids is 1. The van der Waals surface area contributed by atoms with Gasteiger partial charge in [0.05, 0.1) is 0 Å². The van der Waals surface area contributed by atoms with Crippen LogP contribution in [0.1, 0.15) is 42.2 Å². The van der Waals surface area contributed by atoms with Crippen LogP contribution < -0.4 is 10.0 Å². The molecule has 0 saturated heterocycles. The molecule has 0 fully saturated rings. The van der Waals surface area contributed by atoms with E-state index in [2.05, 4.69) is 19.2 Å². The van der Waals surface area contributed by atoms with Crippen LogP contribution in [0.5, 0.6) is 0 Å². The van der Waals surface area contributed by atoms with Gasteiger partial charge in [-0.05, 0) is 36.1 Å². The standard InChI is InChI=1S/C16H18N2O2/c1-3-12(2)13-7-9-14(10-8-13)17-16(19)15-6-4-5-11-18(15)20/h4-12H,3H2,1-2H3,(H,17,19). The van der Waals surface area contributed by atoms with Crippen LogP contribution in [-0.2, 0) is 0 Å². The van der Waals surface area contributed by atoms with E-state index in [4.69, 9.17) is 0 Å². The Morgan fingerprint density at radius 2 is 1.95 bits per heavy atom. The van der Waals surface area contributed by atoms with Crippen LogP contribution >= 0.6 is 0 Å². The Bertz CT molecular complexity index is 594. The van der Waals surface area contributed by atoms with Gasteiger partial charge in [-0.1, -0.05) is 26.0 Å². The van der Waals surface area contributed by atoms with Crippen LogP contribution in [0.3, 0.4) is 0 Å². The van der Waals surface area contributed by atoms with Crippen molar-refractivity contribution < 1.29 is 9.52 Å². The first-order valence-electron chi connectivity index (χ1n) is 6.71. The topological polar surface area (TPSA) is 56.0 Å². The fourth-order valence-corrected chi connectivity index (χ4v) is 1.93. The Balaban J connectivity index is 2.11. The fourth-order valence-electron chi connectivity index (χ4n) is 1.93. The summed E-state index contributed by atoms with van der Waals surface area (Å²) in [5, 5.41) is 14.2. The van der Waals surface area contributed by atoms with Gasteiger partial charge in [0, 0.05) is 17.8 Å². The molecule has 0 bridgehead atoms. The Labute approximate surface area is 118 Å². The molecule has 0 aliphatic heterocycles. The number of aromatic nitrogens is 1. The summed E-state index contributed by atoms with van der Waals surface area (Å²) in [5.74, 6) is 0.0922. The van der Waals surface area contributed by atoms with E-state index in [0.717, 1.165) is 6.42 Å². The van der Waals surface area contributed by atoms with E-state index in [0.29, 0.717) is 16.3 Å². The van der Waals surface area contributed by atoms with Crippen LogP contribution in [0.25, 0.3) is 0 Å². The Kier molecular flexibility index (Phi) is 4.35. The van der Waals surface area contributed by atoms with E-state index in [9.17, 15) is 10.0 Å². The Morgan fingerprint density at radius 3 is 2.55 bits per heavy atom. The predicted octanol–water partition coefficient (Wildman–Crippen LogP) is 3.09. The van der Waals surface area contributed by atoms with E-state index in [1.165, 1.54) is 17.8 Å². The molecule has 4 nitrogen and oxygen atoms in total. The van der Waals surface area contributed by atoms with Crippen molar-refractivity contribution in [1.82, 2.24) is 0 Å². The summed E-state index contributed by atoms with van der Waals surface area (Å²) in [6.45, 7) is 4.31. The third-order valence-corrected chi connectivity index (χ3v) is 3.41. The molecule has 1 aromatic heterocycles. The first-order valence-corrected chi connectivity index (χ1v) is 6.71. The zero-order valence-corrected chi connectivity index (χ0v) is 11.7. The predicted molar refractivity (Wildman–Crippen MR) is 78.5 cm³/mol. The highest BCUT2D eigenvalue weighted by molar-refractivity contribution is 6.01. The summed E-state index contributed by atoms with van der Waals surface area (Å²) in [6, 6.07) is 12.5. The number of nitrogens with one attached hydrogen (secondary N) is 1. The summed E-state index contributed by atoms with van der Waals surface area (Å²) in [6.07, 6.45) is 2.38. The monoisotopic (exact) mass is 270 g/mol. The number of hydrogen-bond acceptors (Lipinski definition) is 2. The quantitative estimate of drug-likeness (QED) is 0.685. The minimum atomic E-state index is -0.406. The number of benzene rings is 1. The molecule has 2 aromatic rings. The van der Waals surface area contributed by atoms with E-state index >= 15 is 0 Å². The lowest BCUT2D eigenvalue weighted by Gasteiger charge is -2.10. The van der Waals surface area contributed by atoms with Gasteiger partial charge in [-0.25, -0.2) is 0 Å². The molecule has 1 unspecified atom stereocenters. The highest BCUT2D eigenvalue weighted by Crippen LogP contribution is 2.20. The van der Waals surface area contributed by atoms with Crippen molar-refractivity contribution in [3.05, 3.63) is 65.1 Å². The number of amides is 1. The molecule has 0 spiro atoms. The van der Waals surface area contributed by atoms with Gasteiger partial charge in [0.25, 0.3) is 5.69 Å². The second-order valence-electron chi connectivity index (χ2n) is 4.80. The lowest BCUT2D eigenvalue weighted by Crippen LogP contribution is -2.36. The average molecular weight is 270 g/mol. The van der Waals surface area contributed by atoms with E-state index < -0.39 is 5.91 Å². The highest BCUT2D eigenvalue weighted by atomic mass is 16.5. The lowest BCUT2D eigenvalue weighted by molar-refractivity contribution is -0.607. The molecule has 20 heavy (non-hydrogen) atoms. The summed E-state index contributed by atoms with van der Waals surface area (Å²) in [4.78, 5) is 12.0. The van der Waals surface area contributed by atoms with Crippen LogP contribution in [0.4, 0.5) is 5.69 Å². The maximum Gasteiger partial charge on any atom is 0.321 e. The summed E-state index contributed by atoms with van der Waals surface area (Å²) in [7, 11) is 0. The molecule has 1 heterocycles. The molecule has 0 aliphatic rings. The van der Waals surface area contributed by atoms with Crippen molar-refractivity contribution in [3.63, 3.8) is 0 Å². The van der Waals surface area contributed by atoms with Crippen molar-refractivity contribution in [2.24, 2.45) is 0 Å². The molecular formula is C16H18N2O2. The SMILES string of the molecule is CCC(C)c1ccc(NC(=O)c2cccc[n+]2[O-])cc1. The van der Waals surface area contributed by atoms with E-state index in [1.807, 2.05) is 24.3 Å². The van der Waals surface area contributed by atoms with Crippen molar-refractivity contribution in [3.8, 4) is 0 Å². The first-order chi connectivity index (χ1) is 9.61. The number of carbonyl (C=O) groups is 1. The molecule has 1 amide bonds. The smallest absolute Gasteiger partial charge is 0.321 e. The third-order valence-electron chi connectivity index (χ3n) is 3.41. The maximum absolute atomic E-state index is 12.0. The molecule has 104 valence electrons. The lowest BCUT2D eigenvalue weighted by atomic mass is 9.99. The zero-order valence-electron chi connectivity index (χ0n) is 11.7. The van der Waals surface area contributed by atoms with Crippen LogP contribution in [0, 0.1) is 5.21 Å². The molecular weight excluding hydrogens is 252 g/mol. The van der Waals surface area contributed by atoms with Gasteiger partial charge in [-0.15, -0.1) is 0 Å². The number of hydrogen-bond donors (Lipinski definition) is 1. The molecule has 1 N–H and O–H groups in total. The highest BCUT2D eigenvalue weighted by Gasteiger charge is 2.15. The molecule has 2 rings (SSSR count). The maximum atomic E-state index is 12.0. The van der Waals surface area contributed by atoms with Crippen LogP contribution in [0.15, 0.2) is 48.7 Å². The molecule has 0 radical (unpaired) electrons. The van der Waals surface area contributed by atoms with Crippen molar-refractivity contribution in [1.29, 1.82) is 0 Å². The fraction of sp³-hybridized carbons (Fsp3) is 0.250. The van der Waals surface area contributed by atoms with Gasteiger partial charge in [0.15, 0.2) is 6.20 Å². The first kappa shape index (κ1) is 14.1. The number of anilines is 1. The van der Waals surface area contributed by atoms with Crippen LogP contribution in [-0.4, -0.2) is 5.91 Å². The minimum absolute atomic E-state index is 0.0819. The normalized spacial score (nSPS) is 11.9. The Hall–Kier alpha value is -2.36. The van der Waals surface area contributed by atoms with Gasteiger partial charge in [0.2, 0.25) is 0 Å². The van der Waals surface area contributed by atoms with Gasteiger partial charge in [0.1, 0.15) is 0 Å². The van der Waals surface area contributed by atoms with Crippen molar-refractivity contribution in [2.75, 3.05) is 5.32 Å². The van der Waals surface area contributed by atoms with Gasteiger partial charge in [-0.2, -0.15) is 4.73 Å². The number of pyridine rings is 1. The van der Waals surface area contributed by atoms with E-state index in [-0.39, 0.29) is 5.69 Å². The molecule has 4 heteroatoms. The summed E-state index contributed by atoms with van der Waals surface area (Å²) < 4.78 is 0.558. The minimum Gasteiger partial charge on any atom is -0.618 e. The summed E-state index contributed by atoms with van der Waals surface area (Å²) >= 11 is 0. The third kappa shape index (κ3) is 3.15. The molecule has 0 saturated carbocycles. The van der Waals surface area contributed by atoms with E-state index in [1.54, 1.807) is 12.1 Å². The van der Waals surface area contributed by atoms with Crippen LogP contribution in [0.2, 0.25) is 0 Å². The number of rotatable bonds is 4. The molecule has 1 atom stereocenters. The van der Waals surface area contributed by atoms with Gasteiger partial charge < -0.3 is 10.5 Å². The van der Waals surface area contributed by atoms with Gasteiger partial charge >= 0.3 is 5.91 Å². The molecule has 1 aromatic carbocycles. The molecule has 0 aliphatic carbocycles. The Morgan fingerprint density at radius 1 is 1.25 bits per heavy atom. The average Bonchev–Trinajstić information content (AvgIpc) is 2.47. The van der Waals surface area contributed by atoms with Crippen molar-refractivity contribution >= 4 is 11.6 Å². The second kappa shape index (κ2) is 6.19. The van der Waals surface area contributed by atoms with Gasteiger partial charge in [-0.3, -0.25) is 4.79 Å². The zero-order chi connectivity index (χ0) is 14.5. The number of nitrogens with zero attached hydrogens (tertiary/aromatic N) is 1. The van der Waals surface area contributed by atoms with Crippen molar-refractivity contribution in [2.45, 2.75) is 26.2 Å². The summed E-state index contributed by atoms with van der Waals surface area (Å²) in [5.41, 5.74) is 2.01. The largest absolute Gasteiger partial charge is 0.618 e. The second-order valence-corrected chi connectivity index (χ2v) is 4.80.